The lowest BCUT2D eigenvalue weighted by molar-refractivity contribution is -0.385. The molecule has 1 aliphatic rings. The van der Waals surface area contributed by atoms with Crippen molar-refractivity contribution in [2.24, 2.45) is 5.92 Å². The van der Waals surface area contributed by atoms with E-state index in [0.717, 1.165) is 25.9 Å². The van der Waals surface area contributed by atoms with Crippen LogP contribution in [0.25, 0.3) is 0 Å². The minimum absolute atomic E-state index is 0.0971. The molecule has 2 rings (SSSR count). The van der Waals surface area contributed by atoms with Crippen molar-refractivity contribution in [3.05, 3.63) is 33.9 Å². The summed E-state index contributed by atoms with van der Waals surface area (Å²) >= 11 is 0. The van der Waals surface area contributed by atoms with E-state index < -0.39 is 4.92 Å². The molecule has 0 aliphatic carbocycles. The molecule has 0 bridgehead atoms. The van der Waals surface area contributed by atoms with Crippen LogP contribution in [-0.2, 0) is 0 Å². The molecule has 1 saturated heterocycles. The van der Waals surface area contributed by atoms with Crippen LogP contribution < -0.4 is 10.1 Å². The van der Waals surface area contributed by atoms with Crippen molar-refractivity contribution < 1.29 is 14.5 Å². The summed E-state index contributed by atoms with van der Waals surface area (Å²) in [6.45, 7) is 5.47. The zero-order valence-electron chi connectivity index (χ0n) is 13.6. The molecule has 0 saturated carbocycles. The molecule has 0 radical (unpaired) electrons. The Bertz CT molecular complexity index is 568. The van der Waals surface area contributed by atoms with Gasteiger partial charge >= 0.3 is 5.69 Å². The van der Waals surface area contributed by atoms with Gasteiger partial charge in [0, 0.05) is 30.8 Å². The van der Waals surface area contributed by atoms with Crippen LogP contribution in [0.1, 0.15) is 30.1 Å². The summed E-state index contributed by atoms with van der Waals surface area (Å²) in [5.41, 5.74) is 0.297. The van der Waals surface area contributed by atoms with E-state index in [9.17, 15) is 14.9 Å². The van der Waals surface area contributed by atoms with E-state index in [0.29, 0.717) is 24.6 Å². The molecule has 1 aliphatic heterocycles. The third-order valence-corrected chi connectivity index (χ3v) is 4.21. The number of nitrogens with one attached hydrogen (secondary N) is 1. The quantitative estimate of drug-likeness (QED) is 0.640. The van der Waals surface area contributed by atoms with Crippen LogP contribution in [0.5, 0.6) is 5.75 Å². The maximum absolute atomic E-state index is 12.6. The maximum Gasteiger partial charge on any atom is 0.310 e. The topological polar surface area (TPSA) is 84.7 Å². The van der Waals surface area contributed by atoms with Crippen LogP contribution in [0.4, 0.5) is 5.69 Å². The number of hydrogen-bond acceptors (Lipinski definition) is 5. The monoisotopic (exact) mass is 321 g/mol. The van der Waals surface area contributed by atoms with Crippen molar-refractivity contribution in [1.82, 2.24) is 10.2 Å². The van der Waals surface area contributed by atoms with Crippen LogP contribution in [0.2, 0.25) is 0 Å². The molecule has 0 spiro atoms. The number of hydrogen-bond donors (Lipinski definition) is 1. The SMILES string of the molecule is CCNCC1CCN(C(=O)c2ccc([N+](=O)[O-])c(OC)c2)CC1. The number of ether oxygens (including phenoxy) is 1. The first-order valence-corrected chi connectivity index (χ1v) is 7.89. The smallest absolute Gasteiger partial charge is 0.310 e. The van der Waals surface area contributed by atoms with Gasteiger partial charge < -0.3 is 15.0 Å². The third kappa shape index (κ3) is 4.19. The summed E-state index contributed by atoms with van der Waals surface area (Å²) in [7, 11) is 1.36. The van der Waals surface area contributed by atoms with Crippen molar-refractivity contribution in [1.29, 1.82) is 0 Å². The van der Waals surface area contributed by atoms with Crippen molar-refractivity contribution in [2.45, 2.75) is 19.8 Å². The molecule has 126 valence electrons. The minimum atomic E-state index is -0.515. The Hall–Kier alpha value is -2.15. The fraction of sp³-hybridized carbons (Fsp3) is 0.562. The Labute approximate surface area is 135 Å². The molecule has 1 N–H and O–H groups in total. The average Bonchev–Trinajstić information content (AvgIpc) is 2.59. The number of amides is 1. The number of nitrogens with zero attached hydrogens (tertiary/aromatic N) is 2. The second kappa shape index (κ2) is 7.92. The van der Waals surface area contributed by atoms with Crippen LogP contribution in [-0.4, -0.2) is 49.0 Å². The lowest BCUT2D eigenvalue weighted by Gasteiger charge is -2.32. The number of carbonyl (C=O) groups is 1. The van der Waals surface area contributed by atoms with Gasteiger partial charge in [0.15, 0.2) is 5.75 Å². The lowest BCUT2D eigenvalue weighted by atomic mass is 9.96. The fourth-order valence-corrected chi connectivity index (χ4v) is 2.83. The number of piperidine rings is 1. The number of nitro benzene ring substituents is 1. The summed E-state index contributed by atoms with van der Waals surface area (Å²) in [5, 5.41) is 14.3. The van der Waals surface area contributed by atoms with E-state index in [1.165, 1.54) is 25.3 Å². The molecule has 1 amide bonds. The molecule has 0 atom stereocenters. The van der Waals surface area contributed by atoms with Gasteiger partial charge in [-0.3, -0.25) is 14.9 Å². The number of nitro groups is 1. The highest BCUT2D eigenvalue weighted by atomic mass is 16.6. The van der Waals surface area contributed by atoms with E-state index in [4.69, 9.17) is 4.74 Å². The van der Waals surface area contributed by atoms with E-state index in [1.54, 1.807) is 0 Å². The number of carbonyl (C=O) groups excluding carboxylic acids is 1. The predicted molar refractivity (Wildman–Crippen MR) is 86.8 cm³/mol. The zero-order chi connectivity index (χ0) is 16.8. The molecule has 1 aromatic carbocycles. The number of likely N-dealkylation sites (tertiary alicyclic amines) is 1. The molecule has 7 nitrogen and oxygen atoms in total. The molecule has 23 heavy (non-hydrogen) atoms. The summed E-state index contributed by atoms with van der Waals surface area (Å²) in [6.07, 6.45) is 1.95. The highest BCUT2D eigenvalue weighted by molar-refractivity contribution is 5.95. The van der Waals surface area contributed by atoms with Gasteiger partial charge in [0.1, 0.15) is 0 Å². The van der Waals surface area contributed by atoms with E-state index >= 15 is 0 Å². The van der Waals surface area contributed by atoms with Gasteiger partial charge in [-0.1, -0.05) is 6.92 Å². The Morgan fingerprint density at radius 3 is 2.70 bits per heavy atom. The first-order chi connectivity index (χ1) is 11.1. The Morgan fingerprint density at radius 1 is 1.43 bits per heavy atom. The van der Waals surface area contributed by atoms with Gasteiger partial charge in [-0.15, -0.1) is 0 Å². The summed E-state index contributed by atoms with van der Waals surface area (Å²) in [4.78, 5) is 24.8. The Kier molecular flexibility index (Phi) is 5.92. The summed E-state index contributed by atoms with van der Waals surface area (Å²) in [5.74, 6) is 0.619. The predicted octanol–water partition coefficient (Wildman–Crippen LogP) is 2.07. The molecule has 0 aromatic heterocycles. The molecule has 1 aromatic rings. The van der Waals surface area contributed by atoms with E-state index in [1.807, 2.05) is 4.90 Å². The normalized spacial score (nSPS) is 15.5. The van der Waals surface area contributed by atoms with Crippen molar-refractivity contribution in [2.75, 3.05) is 33.3 Å². The minimum Gasteiger partial charge on any atom is -0.490 e. The fourth-order valence-electron chi connectivity index (χ4n) is 2.83. The highest BCUT2D eigenvalue weighted by Crippen LogP contribution is 2.28. The highest BCUT2D eigenvalue weighted by Gasteiger charge is 2.25. The van der Waals surface area contributed by atoms with Crippen LogP contribution >= 0.6 is 0 Å². The summed E-state index contributed by atoms with van der Waals surface area (Å²) in [6, 6.07) is 4.27. The second-order valence-corrected chi connectivity index (χ2v) is 5.69. The largest absolute Gasteiger partial charge is 0.490 e. The van der Waals surface area contributed by atoms with Gasteiger partial charge in [-0.2, -0.15) is 0 Å². The summed E-state index contributed by atoms with van der Waals surface area (Å²) < 4.78 is 5.03. The molecular formula is C16H23N3O4. The van der Waals surface area contributed by atoms with E-state index in [2.05, 4.69) is 12.2 Å². The zero-order valence-corrected chi connectivity index (χ0v) is 13.6. The van der Waals surface area contributed by atoms with Gasteiger partial charge in [-0.25, -0.2) is 0 Å². The van der Waals surface area contributed by atoms with Gasteiger partial charge in [0.2, 0.25) is 0 Å². The Morgan fingerprint density at radius 2 is 2.13 bits per heavy atom. The molecule has 7 heteroatoms. The first kappa shape index (κ1) is 17.2. The van der Waals surface area contributed by atoms with Crippen LogP contribution in [0, 0.1) is 16.0 Å². The third-order valence-electron chi connectivity index (χ3n) is 4.21. The van der Waals surface area contributed by atoms with Crippen molar-refractivity contribution in [3.63, 3.8) is 0 Å². The number of rotatable bonds is 6. The first-order valence-electron chi connectivity index (χ1n) is 7.89. The van der Waals surface area contributed by atoms with Gasteiger partial charge in [0.25, 0.3) is 5.91 Å². The second-order valence-electron chi connectivity index (χ2n) is 5.69. The molecule has 1 heterocycles. The van der Waals surface area contributed by atoms with Crippen molar-refractivity contribution >= 4 is 11.6 Å². The Balaban J connectivity index is 2.02. The average molecular weight is 321 g/mol. The van der Waals surface area contributed by atoms with Gasteiger partial charge in [-0.05, 0) is 37.9 Å². The standard InChI is InChI=1S/C16H23N3O4/c1-3-17-11-12-6-8-18(9-7-12)16(20)13-4-5-14(19(21)22)15(10-13)23-2/h4-5,10,12,17H,3,6-9,11H2,1-2H3. The molecular weight excluding hydrogens is 298 g/mol. The number of benzene rings is 1. The van der Waals surface area contributed by atoms with Crippen LogP contribution in [0.3, 0.4) is 0 Å². The molecule has 1 fully saturated rings. The molecule has 0 unspecified atom stereocenters. The number of methoxy groups -OCH3 is 1. The van der Waals surface area contributed by atoms with Gasteiger partial charge in [0.05, 0.1) is 12.0 Å². The van der Waals surface area contributed by atoms with E-state index in [-0.39, 0.29) is 17.3 Å². The lowest BCUT2D eigenvalue weighted by Crippen LogP contribution is -2.40. The van der Waals surface area contributed by atoms with Crippen molar-refractivity contribution in [3.8, 4) is 5.75 Å². The maximum atomic E-state index is 12.6. The van der Waals surface area contributed by atoms with Crippen LogP contribution in [0.15, 0.2) is 18.2 Å².